The van der Waals surface area contributed by atoms with Gasteiger partial charge in [0.2, 0.25) is 0 Å². The SMILES string of the molecule is COc1cc(C(=O)NC2(C(N)=S)CCCC2)ccc1C. The predicted molar refractivity (Wildman–Crippen MR) is 83.2 cm³/mol. The second-order valence-electron chi connectivity index (χ2n) is 5.29. The first-order chi connectivity index (χ1) is 9.48. The summed E-state index contributed by atoms with van der Waals surface area (Å²) in [6.45, 7) is 1.94. The molecule has 2 rings (SSSR count). The minimum absolute atomic E-state index is 0.155. The molecule has 1 aromatic rings. The fraction of sp³-hybridized carbons (Fsp3) is 0.467. The lowest BCUT2D eigenvalue weighted by Gasteiger charge is -2.29. The monoisotopic (exact) mass is 292 g/mol. The molecule has 1 saturated carbocycles. The Hall–Kier alpha value is -1.62. The van der Waals surface area contributed by atoms with Crippen LogP contribution in [-0.2, 0) is 0 Å². The lowest BCUT2D eigenvalue weighted by atomic mass is 9.96. The molecule has 1 aliphatic rings. The van der Waals surface area contributed by atoms with Crippen molar-refractivity contribution in [2.75, 3.05) is 7.11 Å². The lowest BCUT2D eigenvalue weighted by Crippen LogP contribution is -2.54. The standard InChI is InChI=1S/C15H20N2O2S/c1-10-5-6-11(9-12(10)19-2)13(18)17-15(14(16)20)7-3-4-8-15/h5-6,9H,3-4,7-8H2,1-2H3,(H2,16,20)(H,17,18). The van der Waals surface area contributed by atoms with Crippen molar-refractivity contribution in [3.8, 4) is 5.75 Å². The number of thiocarbonyl (C=S) groups is 1. The third-order valence-corrected chi connectivity index (χ3v) is 4.34. The Bertz CT molecular complexity index is 537. The number of amides is 1. The second kappa shape index (κ2) is 5.79. The molecule has 0 saturated heterocycles. The quantitative estimate of drug-likeness (QED) is 0.836. The summed E-state index contributed by atoms with van der Waals surface area (Å²) in [7, 11) is 1.59. The van der Waals surface area contributed by atoms with Gasteiger partial charge in [-0.3, -0.25) is 4.79 Å². The molecule has 0 heterocycles. The van der Waals surface area contributed by atoms with E-state index in [0.29, 0.717) is 16.3 Å². The Morgan fingerprint density at radius 2 is 2.05 bits per heavy atom. The molecule has 4 nitrogen and oxygen atoms in total. The summed E-state index contributed by atoms with van der Waals surface area (Å²) in [6, 6.07) is 5.40. The topological polar surface area (TPSA) is 64.3 Å². The molecule has 0 aromatic heterocycles. The number of nitrogens with two attached hydrogens (primary N) is 1. The lowest BCUT2D eigenvalue weighted by molar-refractivity contribution is 0.0924. The average molecular weight is 292 g/mol. The molecule has 3 N–H and O–H groups in total. The summed E-state index contributed by atoms with van der Waals surface area (Å²) in [6.07, 6.45) is 3.71. The fourth-order valence-corrected chi connectivity index (χ4v) is 2.92. The molecule has 0 aliphatic heterocycles. The fourth-order valence-electron chi connectivity index (χ4n) is 2.66. The number of methoxy groups -OCH3 is 1. The van der Waals surface area contributed by atoms with Crippen LogP contribution in [0.5, 0.6) is 5.75 Å². The van der Waals surface area contributed by atoms with Gasteiger partial charge < -0.3 is 15.8 Å². The third kappa shape index (κ3) is 2.77. The molecule has 0 atom stereocenters. The molecule has 1 fully saturated rings. The Balaban J connectivity index is 2.21. The number of rotatable bonds is 4. The first kappa shape index (κ1) is 14.8. The van der Waals surface area contributed by atoms with E-state index in [2.05, 4.69) is 5.32 Å². The second-order valence-corrected chi connectivity index (χ2v) is 5.73. The molecule has 1 aliphatic carbocycles. The van der Waals surface area contributed by atoms with Gasteiger partial charge in [-0.2, -0.15) is 0 Å². The minimum Gasteiger partial charge on any atom is -0.496 e. The number of benzene rings is 1. The molecule has 20 heavy (non-hydrogen) atoms. The van der Waals surface area contributed by atoms with Crippen LogP contribution in [0.15, 0.2) is 18.2 Å². The minimum atomic E-state index is -0.523. The van der Waals surface area contributed by atoms with Crippen LogP contribution < -0.4 is 15.8 Å². The van der Waals surface area contributed by atoms with Gasteiger partial charge in [0.05, 0.1) is 17.6 Å². The van der Waals surface area contributed by atoms with Crippen molar-refractivity contribution >= 4 is 23.1 Å². The van der Waals surface area contributed by atoms with Crippen LogP contribution in [0.4, 0.5) is 0 Å². The molecule has 0 unspecified atom stereocenters. The Labute approximate surface area is 124 Å². The van der Waals surface area contributed by atoms with E-state index in [-0.39, 0.29) is 5.91 Å². The molecule has 1 aromatic carbocycles. The number of aryl methyl sites for hydroxylation is 1. The summed E-state index contributed by atoms with van der Waals surface area (Å²) < 4.78 is 5.25. The van der Waals surface area contributed by atoms with Gasteiger partial charge in [-0.05, 0) is 37.5 Å². The normalized spacial score (nSPS) is 16.7. The number of carbonyl (C=O) groups is 1. The van der Waals surface area contributed by atoms with E-state index in [1.54, 1.807) is 19.2 Å². The molecule has 108 valence electrons. The largest absolute Gasteiger partial charge is 0.496 e. The van der Waals surface area contributed by atoms with Gasteiger partial charge in [0.15, 0.2) is 0 Å². The van der Waals surface area contributed by atoms with Crippen molar-refractivity contribution in [1.29, 1.82) is 0 Å². The van der Waals surface area contributed by atoms with E-state index < -0.39 is 5.54 Å². The first-order valence-electron chi connectivity index (χ1n) is 6.75. The van der Waals surface area contributed by atoms with Crippen molar-refractivity contribution in [2.24, 2.45) is 5.73 Å². The molecular formula is C15H20N2O2S. The van der Waals surface area contributed by atoms with Gasteiger partial charge in [-0.1, -0.05) is 31.1 Å². The van der Waals surface area contributed by atoms with Crippen molar-refractivity contribution in [3.63, 3.8) is 0 Å². The number of carbonyl (C=O) groups excluding carboxylic acids is 1. The maximum absolute atomic E-state index is 12.4. The Morgan fingerprint density at radius 3 is 2.60 bits per heavy atom. The summed E-state index contributed by atoms with van der Waals surface area (Å²) in [5.41, 5.74) is 6.87. The highest BCUT2D eigenvalue weighted by Crippen LogP contribution is 2.30. The van der Waals surface area contributed by atoms with Gasteiger partial charge in [0, 0.05) is 5.56 Å². The zero-order chi connectivity index (χ0) is 14.8. The highest BCUT2D eigenvalue weighted by molar-refractivity contribution is 7.80. The highest BCUT2D eigenvalue weighted by Gasteiger charge is 2.38. The number of hydrogen-bond donors (Lipinski definition) is 2. The van der Waals surface area contributed by atoms with Crippen molar-refractivity contribution in [3.05, 3.63) is 29.3 Å². The molecule has 1 amide bonds. The van der Waals surface area contributed by atoms with E-state index in [9.17, 15) is 4.79 Å². The van der Waals surface area contributed by atoms with E-state index >= 15 is 0 Å². The van der Waals surface area contributed by atoms with Gasteiger partial charge >= 0.3 is 0 Å². The Kier molecular flexibility index (Phi) is 4.28. The van der Waals surface area contributed by atoms with Crippen LogP contribution in [-0.4, -0.2) is 23.5 Å². The van der Waals surface area contributed by atoms with Crippen LogP contribution in [0.3, 0.4) is 0 Å². The van der Waals surface area contributed by atoms with Crippen molar-refractivity contribution in [2.45, 2.75) is 38.1 Å². The number of hydrogen-bond acceptors (Lipinski definition) is 3. The summed E-state index contributed by atoms with van der Waals surface area (Å²) >= 11 is 5.14. The van der Waals surface area contributed by atoms with Crippen LogP contribution in [0.25, 0.3) is 0 Å². The van der Waals surface area contributed by atoms with Crippen LogP contribution in [0.2, 0.25) is 0 Å². The maximum atomic E-state index is 12.4. The zero-order valence-electron chi connectivity index (χ0n) is 11.9. The van der Waals surface area contributed by atoms with Gasteiger partial charge in [-0.15, -0.1) is 0 Å². The smallest absolute Gasteiger partial charge is 0.252 e. The molecule has 0 bridgehead atoms. The average Bonchev–Trinajstić information content (AvgIpc) is 2.89. The maximum Gasteiger partial charge on any atom is 0.252 e. The van der Waals surface area contributed by atoms with Gasteiger partial charge in [0.25, 0.3) is 5.91 Å². The molecule has 0 spiro atoms. The molecular weight excluding hydrogens is 272 g/mol. The Morgan fingerprint density at radius 1 is 1.40 bits per heavy atom. The highest BCUT2D eigenvalue weighted by atomic mass is 32.1. The van der Waals surface area contributed by atoms with Crippen LogP contribution in [0.1, 0.15) is 41.6 Å². The van der Waals surface area contributed by atoms with E-state index in [1.165, 1.54) is 0 Å². The predicted octanol–water partition coefficient (Wildman–Crippen LogP) is 2.33. The van der Waals surface area contributed by atoms with E-state index in [0.717, 1.165) is 31.2 Å². The third-order valence-electron chi connectivity index (χ3n) is 3.95. The number of ether oxygens (including phenoxy) is 1. The zero-order valence-corrected chi connectivity index (χ0v) is 12.7. The van der Waals surface area contributed by atoms with Gasteiger partial charge in [-0.25, -0.2) is 0 Å². The summed E-state index contributed by atoms with van der Waals surface area (Å²) in [4.78, 5) is 12.8. The van der Waals surface area contributed by atoms with Gasteiger partial charge in [0.1, 0.15) is 5.75 Å². The van der Waals surface area contributed by atoms with Crippen LogP contribution >= 0.6 is 12.2 Å². The first-order valence-corrected chi connectivity index (χ1v) is 7.16. The summed E-state index contributed by atoms with van der Waals surface area (Å²) in [5.74, 6) is 0.548. The van der Waals surface area contributed by atoms with Crippen LogP contribution in [0, 0.1) is 6.92 Å². The van der Waals surface area contributed by atoms with E-state index in [4.69, 9.17) is 22.7 Å². The molecule has 5 heteroatoms. The molecule has 0 radical (unpaired) electrons. The van der Waals surface area contributed by atoms with E-state index in [1.807, 2.05) is 13.0 Å². The number of nitrogens with one attached hydrogen (secondary N) is 1. The summed E-state index contributed by atoms with van der Waals surface area (Å²) in [5, 5.41) is 3.02. The van der Waals surface area contributed by atoms with Crippen molar-refractivity contribution in [1.82, 2.24) is 5.32 Å². The van der Waals surface area contributed by atoms with Crippen molar-refractivity contribution < 1.29 is 9.53 Å².